The molecule has 0 aliphatic rings. The molecule has 0 amide bonds. The van der Waals surface area contributed by atoms with Gasteiger partial charge >= 0.3 is 5.97 Å². The predicted octanol–water partition coefficient (Wildman–Crippen LogP) is 0.112. The van der Waals surface area contributed by atoms with Gasteiger partial charge in [-0.1, -0.05) is 11.6 Å². The second-order valence-electron chi connectivity index (χ2n) is 1.85. The lowest BCUT2D eigenvalue weighted by Gasteiger charge is -2.03. The summed E-state index contributed by atoms with van der Waals surface area (Å²) in [6.45, 7) is 0. The minimum absolute atomic E-state index is 0.283. The molecule has 0 saturated carbocycles. The first-order chi connectivity index (χ1) is 5.11. The lowest BCUT2D eigenvalue weighted by atomic mass is 10.6. The summed E-state index contributed by atoms with van der Waals surface area (Å²) in [7, 11) is 0. The van der Waals surface area contributed by atoms with E-state index in [-0.39, 0.29) is 5.02 Å². The Hall–Kier alpha value is -1.07. The Bertz CT molecular complexity index is 272. The molecule has 6 heteroatoms. The normalized spacial score (nSPS) is 12.9. The van der Waals surface area contributed by atoms with Crippen LogP contribution in [0.3, 0.4) is 0 Å². The van der Waals surface area contributed by atoms with Gasteiger partial charge in [-0.25, -0.2) is 9.48 Å². The van der Waals surface area contributed by atoms with Crippen LogP contribution in [-0.4, -0.2) is 26.0 Å². The Kier molecular flexibility index (Phi) is 2.11. The van der Waals surface area contributed by atoms with Crippen molar-refractivity contribution in [1.29, 1.82) is 0 Å². The zero-order valence-corrected chi connectivity index (χ0v) is 6.06. The number of aromatic nitrogens is 2. The van der Waals surface area contributed by atoms with Gasteiger partial charge in [-0.15, -0.1) is 0 Å². The molecule has 1 unspecified atom stereocenters. The molecule has 1 rings (SSSR count). The predicted molar refractivity (Wildman–Crippen MR) is 36.1 cm³/mol. The highest BCUT2D eigenvalue weighted by Gasteiger charge is 2.15. The molecule has 0 aliphatic heterocycles. The lowest BCUT2D eigenvalue weighted by Crippen LogP contribution is -2.18. The number of halogens is 1. The van der Waals surface area contributed by atoms with E-state index in [1.54, 1.807) is 0 Å². The molecule has 2 N–H and O–H groups in total. The molecule has 1 atom stereocenters. The Morgan fingerprint density at radius 1 is 1.82 bits per heavy atom. The number of aliphatic carboxylic acids is 1. The number of hydrogen-bond acceptors (Lipinski definition) is 3. The Labute approximate surface area is 66.8 Å². The van der Waals surface area contributed by atoms with E-state index in [1.165, 1.54) is 12.4 Å². The number of rotatable bonds is 2. The fraction of sp³-hybridized carbons (Fsp3) is 0.200. The quantitative estimate of drug-likeness (QED) is 0.671. The topological polar surface area (TPSA) is 75.3 Å². The first-order valence-electron chi connectivity index (χ1n) is 2.72. The van der Waals surface area contributed by atoms with Crippen LogP contribution in [0.2, 0.25) is 5.02 Å². The van der Waals surface area contributed by atoms with E-state index >= 15 is 0 Å². The third-order valence-corrected chi connectivity index (χ3v) is 1.24. The minimum Gasteiger partial charge on any atom is -0.478 e. The highest BCUT2D eigenvalue weighted by atomic mass is 35.5. The van der Waals surface area contributed by atoms with Crippen molar-refractivity contribution in [3.8, 4) is 0 Å². The number of hydrogen-bond donors (Lipinski definition) is 2. The standard InChI is InChI=1S/C5H5ClN2O3/c6-3-1-7-8(2-3)4(9)5(10)11/h1-2,4,9H,(H,10,11). The Morgan fingerprint density at radius 2 is 2.45 bits per heavy atom. The van der Waals surface area contributed by atoms with E-state index in [0.717, 1.165) is 4.68 Å². The number of nitrogens with zero attached hydrogens (tertiary/aromatic N) is 2. The maximum absolute atomic E-state index is 10.2. The van der Waals surface area contributed by atoms with Crippen LogP contribution < -0.4 is 0 Å². The van der Waals surface area contributed by atoms with Crippen LogP contribution in [0.1, 0.15) is 6.23 Å². The Balaban J connectivity index is 2.84. The molecule has 0 fully saturated rings. The van der Waals surface area contributed by atoms with Crippen molar-refractivity contribution >= 4 is 17.6 Å². The molecule has 0 bridgehead atoms. The van der Waals surface area contributed by atoms with Crippen molar-refractivity contribution in [1.82, 2.24) is 9.78 Å². The number of carboxylic acids is 1. The highest BCUT2D eigenvalue weighted by Crippen LogP contribution is 2.08. The fourth-order valence-electron chi connectivity index (χ4n) is 0.562. The molecule has 0 aliphatic carbocycles. The van der Waals surface area contributed by atoms with Gasteiger partial charge in [-0.05, 0) is 0 Å². The summed E-state index contributed by atoms with van der Waals surface area (Å²) in [5.74, 6) is -1.37. The van der Waals surface area contributed by atoms with Gasteiger partial charge in [0.15, 0.2) is 0 Å². The van der Waals surface area contributed by atoms with Gasteiger partial charge < -0.3 is 10.2 Å². The molecule has 1 aromatic rings. The van der Waals surface area contributed by atoms with E-state index in [1.807, 2.05) is 0 Å². The first-order valence-corrected chi connectivity index (χ1v) is 3.09. The van der Waals surface area contributed by atoms with E-state index < -0.39 is 12.2 Å². The van der Waals surface area contributed by atoms with Crippen molar-refractivity contribution in [2.75, 3.05) is 0 Å². The SMILES string of the molecule is O=C(O)C(O)n1cc(Cl)cn1. The van der Waals surface area contributed by atoms with E-state index in [0.29, 0.717) is 0 Å². The third kappa shape index (κ3) is 1.69. The monoisotopic (exact) mass is 176 g/mol. The Morgan fingerprint density at radius 3 is 2.82 bits per heavy atom. The first kappa shape index (κ1) is 8.03. The molecule has 11 heavy (non-hydrogen) atoms. The van der Waals surface area contributed by atoms with E-state index in [2.05, 4.69) is 5.10 Å². The number of aliphatic hydroxyl groups is 1. The van der Waals surface area contributed by atoms with Gasteiger partial charge in [0.25, 0.3) is 0 Å². The number of aliphatic hydroxyl groups excluding tert-OH is 1. The molecule has 5 nitrogen and oxygen atoms in total. The van der Waals surface area contributed by atoms with Crippen LogP contribution in [-0.2, 0) is 4.79 Å². The van der Waals surface area contributed by atoms with Crippen molar-refractivity contribution in [3.05, 3.63) is 17.4 Å². The molecular weight excluding hydrogens is 172 g/mol. The molecule has 0 radical (unpaired) electrons. The van der Waals surface area contributed by atoms with E-state index in [9.17, 15) is 4.79 Å². The summed E-state index contributed by atoms with van der Waals surface area (Å²) in [5, 5.41) is 20.9. The maximum atomic E-state index is 10.2. The van der Waals surface area contributed by atoms with Crippen molar-refractivity contribution < 1.29 is 15.0 Å². The molecule has 0 aromatic carbocycles. The second kappa shape index (κ2) is 2.89. The summed E-state index contributed by atoms with van der Waals surface area (Å²) in [6.07, 6.45) is 0.802. The summed E-state index contributed by atoms with van der Waals surface area (Å²) in [4.78, 5) is 10.2. The van der Waals surface area contributed by atoms with Crippen LogP contribution in [0.15, 0.2) is 12.4 Å². The lowest BCUT2D eigenvalue weighted by molar-refractivity contribution is -0.152. The van der Waals surface area contributed by atoms with Crippen molar-refractivity contribution in [2.45, 2.75) is 6.23 Å². The molecule has 60 valence electrons. The molecular formula is C5H5ClN2O3. The van der Waals surface area contributed by atoms with Gasteiger partial charge in [0.05, 0.1) is 11.2 Å². The maximum Gasteiger partial charge on any atom is 0.355 e. The summed E-state index contributed by atoms with van der Waals surface area (Å²) in [5.41, 5.74) is 0. The number of carboxylic acid groups (broad SMARTS) is 1. The van der Waals surface area contributed by atoms with Crippen LogP contribution in [0.5, 0.6) is 0 Å². The van der Waals surface area contributed by atoms with Crippen LogP contribution in [0.4, 0.5) is 0 Å². The van der Waals surface area contributed by atoms with Gasteiger partial charge in [0.1, 0.15) is 0 Å². The average Bonchev–Trinajstić information content (AvgIpc) is 2.34. The zero-order chi connectivity index (χ0) is 8.43. The van der Waals surface area contributed by atoms with Gasteiger partial charge in [0.2, 0.25) is 6.23 Å². The van der Waals surface area contributed by atoms with Crippen LogP contribution in [0, 0.1) is 0 Å². The minimum atomic E-state index is -1.66. The second-order valence-corrected chi connectivity index (χ2v) is 2.29. The van der Waals surface area contributed by atoms with Gasteiger partial charge in [-0.3, -0.25) is 0 Å². The molecule has 0 saturated heterocycles. The summed E-state index contributed by atoms with van der Waals surface area (Å²) in [6, 6.07) is 0. The summed E-state index contributed by atoms with van der Waals surface area (Å²) >= 11 is 5.42. The highest BCUT2D eigenvalue weighted by molar-refractivity contribution is 6.30. The average molecular weight is 177 g/mol. The summed E-state index contributed by atoms with van der Waals surface area (Å²) < 4.78 is 0.852. The smallest absolute Gasteiger partial charge is 0.355 e. The molecule has 1 heterocycles. The third-order valence-electron chi connectivity index (χ3n) is 1.04. The zero-order valence-electron chi connectivity index (χ0n) is 5.31. The van der Waals surface area contributed by atoms with Crippen LogP contribution >= 0.6 is 11.6 Å². The van der Waals surface area contributed by atoms with Gasteiger partial charge in [-0.2, -0.15) is 5.10 Å². The van der Waals surface area contributed by atoms with Crippen LogP contribution in [0.25, 0.3) is 0 Å². The molecule has 1 aromatic heterocycles. The largest absolute Gasteiger partial charge is 0.478 e. The molecule has 0 spiro atoms. The van der Waals surface area contributed by atoms with Crippen molar-refractivity contribution in [3.63, 3.8) is 0 Å². The fourth-order valence-corrected chi connectivity index (χ4v) is 0.705. The van der Waals surface area contributed by atoms with E-state index in [4.69, 9.17) is 21.8 Å². The van der Waals surface area contributed by atoms with Gasteiger partial charge in [0, 0.05) is 6.20 Å². The van der Waals surface area contributed by atoms with Crippen molar-refractivity contribution in [2.24, 2.45) is 0 Å². The number of carbonyl (C=O) groups is 1.